The Morgan fingerprint density at radius 3 is 2.65 bits per heavy atom. The van der Waals surface area contributed by atoms with E-state index in [0.29, 0.717) is 6.42 Å². The van der Waals surface area contributed by atoms with Gasteiger partial charge in [0.25, 0.3) is 0 Å². The fraction of sp³-hybridized carbons (Fsp3) is 0.562. The van der Waals surface area contributed by atoms with E-state index in [4.69, 9.17) is 4.74 Å². The summed E-state index contributed by atoms with van der Waals surface area (Å²) in [5.74, 6) is -0.200. The van der Waals surface area contributed by atoms with E-state index in [1.54, 1.807) is 24.3 Å². The van der Waals surface area contributed by atoms with Gasteiger partial charge >= 0.3 is 0 Å². The summed E-state index contributed by atoms with van der Waals surface area (Å²) in [6, 6.07) is 8.92. The molecule has 7 heteroatoms. The topological polar surface area (TPSA) is 107 Å². The molecule has 0 unspecified atom stereocenters. The third-order valence-corrected chi connectivity index (χ3v) is 6.38. The van der Waals surface area contributed by atoms with Crippen LogP contribution in [0.4, 0.5) is 0 Å². The highest BCUT2D eigenvalue weighted by Crippen LogP contribution is 2.39. The number of rotatable bonds is 3. The highest BCUT2D eigenvalue weighted by molar-refractivity contribution is 7.89. The van der Waals surface area contributed by atoms with Crippen LogP contribution in [0.5, 0.6) is 0 Å². The normalized spacial score (nSPS) is 33.9. The van der Waals surface area contributed by atoms with Crippen molar-refractivity contribution in [3.05, 3.63) is 29.8 Å². The highest BCUT2D eigenvalue weighted by Gasteiger charge is 2.48. The van der Waals surface area contributed by atoms with Crippen molar-refractivity contribution in [2.75, 3.05) is 0 Å². The fourth-order valence-electron chi connectivity index (χ4n) is 3.60. The van der Waals surface area contributed by atoms with Crippen LogP contribution in [0.15, 0.2) is 29.2 Å². The standard InChI is InChI=1S/C16H21N3O3S/c1-10-2-5-12(6-3-10)23(20,21)19-11-4-7-15-13(8-11)14(9-17)16(18)22-15/h2-3,5-6,11,13-16,19H,4,7-8,18H2,1H3/p+1/t11-,13+,14+,15+,16-/m1/s1. The van der Waals surface area contributed by atoms with Gasteiger partial charge in [-0.3, -0.25) is 0 Å². The summed E-state index contributed by atoms with van der Waals surface area (Å²) in [5.41, 5.74) is 4.91. The van der Waals surface area contributed by atoms with Crippen LogP contribution in [0.3, 0.4) is 0 Å². The molecule has 5 atom stereocenters. The smallest absolute Gasteiger partial charge is 0.240 e. The highest BCUT2D eigenvalue weighted by atomic mass is 32.2. The Kier molecular flexibility index (Phi) is 4.43. The van der Waals surface area contributed by atoms with Gasteiger partial charge in [0, 0.05) is 12.0 Å². The molecule has 0 aromatic heterocycles. The second kappa shape index (κ2) is 6.21. The lowest BCUT2D eigenvalue weighted by Crippen LogP contribution is -2.63. The van der Waals surface area contributed by atoms with Gasteiger partial charge in [-0.2, -0.15) is 5.26 Å². The first-order valence-corrected chi connectivity index (χ1v) is 9.36. The summed E-state index contributed by atoms with van der Waals surface area (Å²) < 4.78 is 33.5. The Balaban J connectivity index is 1.71. The zero-order valence-corrected chi connectivity index (χ0v) is 13.9. The lowest BCUT2D eigenvalue weighted by Gasteiger charge is -2.31. The van der Waals surface area contributed by atoms with Gasteiger partial charge < -0.3 is 10.5 Å². The Hall–Kier alpha value is -1.46. The molecular weight excluding hydrogens is 314 g/mol. The molecule has 0 radical (unpaired) electrons. The van der Waals surface area contributed by atoms with Gasteiger partial charge in [0.2, 0.25) is 16.3 Å². The van der Waals surface area contributed by atoms with Gasteiger partial charge in [-0.05, 0) is 38.3 Å². The Morgan fingerprint density at radius 2 is 2.00 bits per heavy atom. The van der Waals surface area contributed by atoms with Crippen molar-refractivity contribution in [3.63, 3.8) is 0 Å². The molecule has 1 saturated heterocycles. The van der Waals surface area contributed by atoms with E-state index in [-0.39, 0.29) is 35.1 Å². The first kappa shape index (κ1) is 16.4. The fourth-order valence-corrected chi connectivity index (χ4v) is 4.88. The molecule has 1 aliphatic heterocycles. The number of nitriles is 1. The summed E-state index contributed by atoms with van der Waals surface area (Å²) in [5, 5.41) is 9.29. The number of sulfonamides is 1. The van der Waals surface area contributed by atoms with Crippen molar-refractivity contribution in [3.8, 4) is 6.07 Å². The van der Waals surface area contributed by atoms with Gasteiger partial charge in [0.15, 0.2) is 0 Å². The number of nitrogens with zero attached hydrogens (tertiary/aromatic N) is 1. The monoisotopic (exact) mass is 336 g/mol. The average Bonchev–Trinajstić information content (AvgIpc) is 2.82. The Bertz CT molecular complexity index is 711. The molecule has 1 aromatic rings. The van der Waals surface area contributed by atoms with E-state index in [0.717, 1.165) is 18.4 Å². The van der Waals surface area contributed by atoms with Crippen LogP contribution in [0.25, 0.3) is 0 Å². The van der Waals surface area contributed by atoms with Crippen molar-refractivity contribution in [1.29, 1.82) is 5.26 Å². The molecule has 3 rings (SSSR count). The number of ether oxygens (including phenoxy) is 1. The van der Waals surface area contributed by atoms with E-state index in [9.17, 15) is 13.7 Å². The summed E-state index contributed by atoms with van der Waals surface area (Å²) >= 11 is 0. The number of hydrogen-bond acceptors (Lipinski definition) is 4. The summed E-state index contributed by atoms with van der Waals surface area (Å²) in [7, 11) is -3.53. The number of hydrogen-bond donors (Lipinski definition) is 2. The molecule has 1 aromatic carbocycles. The van der Waals surface area contributed by atoms with E-state index in [1.807, 2.05) is 6.92 Å². The van der Waals surface area contributed by atoms with Gasteiger partial charge in [-0.15, -0.1) is 0 Å². The van der Waals surface area contributed by atoms with E-state index in [1.165, 1.54) is 0 Å². The Morgan fingerprint density at radius 1 is 1.30 bits per heavy atom. The van der Waals surface area contributed by atoms with Crippen LogP contribution in [0.1, 0.15) is 24.8 Å². The minimum absolute atomic E-state index is 0.0299. The number of quaternary nitrogens is 1. The van der Waals surface area contributed by atoms with Crippen molar-refractivity contribution in [1.82, 2.24) is 4.72 Å². The maximum absolute atomic E-state index is 12.5. The predicted octanol–water partition coefficient (Wildman–Crippen LogP) is 0.549. The molecule has 2 aliphatic rings. The van der Waals surface area contributed by atoms with Crippen LogP contribution < -0.4 is 10.5 Å². The summed E-state index contributed by atoms with van der Waals surface area (Å²) in [4.78, 5) is 0.278. The molecular formula is C16H22N3O3S+. The molecule has 1 heterocycles. The number of nitrogens with one attached hydrogen (secondary N) is 1. The van der Waals surface area contributed by atoms with Gasteiger partial charge in [-0.1, -0.05) is 17.7 Å². The maximum atomic E-state index is 12.5. The first-order chi connectivity index (χ1) is 10.9. The molecule has 0 bridgehead atoms. The number of fused-ring (bicyclic) bond motifs is 1. The zero-order valence-electron chi connectivity index (χ0n) is 13.1. The molecule has 1 aliphatic carbocycles. The number of aryl methyl sites for hydroxylation is 1. The third kappa shape index (κ3) is 3.26. The van der Waals surface area contributed by atoms with Crippen LogP contribution in [-0.2, 0) is 14.8 Å². The van der Waals surface area contributed by atoms with Gasteiger partial charge in [0.1, 0.15) is 5.92 Å². The molecule has 4 N–H and O–H groups in total. The zero-order chi connectivity index (χ0) is 16.6. The molecule has 1 saturated carbocycles. The minimum Gasteiger partial charge on any atom is -0.331 e. The average molecular weight is 336 g/mol. The van der Waals surface area contributed by atoms with Crippen LogP contribution in [0.2, 0.25) is 0 Å². The van der Waals surface area contributed by atoms with Crippen LogP contribution in [-0.4, -0.2) is 26.8 Å². The second-order valence-electron chi connectivity index (χ2n) is 6.48. The lowest BCUT2D eigenvalue weighted by molar-refractivity contribution is -0.491. The molecule has 0 spiro atoms. The van der Waals surface area contributed by atoms with E-state index < -0.39 is 10.0 Å². The van der Waals surface area contributed by atoms with Crippen molar-refractivity contribution in [2.24, 2.45) is 11.8 Å². The molecule has 0 amide bonds. The molecule has 6 nitrogen and oxygen atoms in total. The SMILES string of the molecule is Cc1ccc(S(=O)(=O)N[C@@H]2CC[C@@H]3O[C@@H]([NH3+])[C@@H](C#N)[C@@H]3C2)cc1. The van der Waals surface area contributed by atoms with E-state index >= 15 is 0 Å². The van der Waals surface area contributed by atoms with Gasteiger partial charge in [-0.25, -0.2) is 13.1 Å². The third-order valence-electron chi connectivity index (χ3n) is 4.85. The van der Waals surface area contributed by atoms with Crippen LogP contribution >= 0.6 is 0 Å². The molecule has 23 heavy (non-hydrogen) atoms. The van der Waals surface area contributed by atoms with Crippen LogP contribution in [0, 0.1) is 30.1 Å². The van der Waals surface area contributed by atoms with Crippen molar-refractivity contribution >= 4 is 10.0 Å². The minimum atomic E-state index is -3.53. The largest absolute Gasteiger partial charge is 0.331 e. The second-order valence-corrected chi connectivity index (χ2v) is 8.19. The lowest BCUT2D eigenvalue weighted by atomic mass is 9.78. The van der Waals surface area contributed by atoms with Gasteiger partial charge in [0.05, 0.1) is 17.1 Å². The number of benzene rings is 1. The summed E-state index contributed by atoms with van der Waals surface area (Å²) in [6.07, 6.45) is 1.82. The van der Waals surface area contributed by atoms with E-state index in [2.05, 4.69) is 16.5 Å². The van der Waals surface area contributed by atoms with Crippen molar-refractivity contribution in [2.45, 2.75) is 49.5 Å². The summed E-state index contributed by atoms with van der Waals surface area (Å²) in [6.45, 7) is 1.92. The van der Waals surface area contributed by atoms with Crippen molar-refractivity contribution < 1.29 is 18.9 Å². The predicted molar refractivity (Wildman–Crippen MR) is 83.3 cm³/mol. The maximum Gasteiger partial charge on any atom is 0.240 e. The Labute approximate surface area is 136 Å². The molecule has 124 valence electrons. The molecule has 2 fully saturated rings. The quantitative estimate of drug-likeness (QED) is 0.840. The first-order valence-electron chi connectivity index (χ1n) is 7.88.